The van der Waals surface area contributed by atoms with Gasteiger partial charge in [-0.2, -0.15) is 5.26 Å². The van der Waals surface area contributed by atoms with Crippen molar-refractivity contribution in [3.05, 3.63) is 57.1 Å². The molecule has 5 nitrogen and oxygen atoms in total. The number of methoxy groups -OCH3 is 1. The highest BCUT2D eigenvalue weighted by molar-refractivity contribution is 9.10. The maximum Gasteiger partial charge on any atom is 0.266 e. The van der Waals surface area contributed by atoms with Crippen molar-refractivity contribution in [3.8, 4) is 17.6 Å². The van der Waals surface area contributed by atoms with E-state index in [-0.39, 0.29) is 5.57 Å². The van der Waals surface area contributed by atoms with E-state index in [1.54, 1.807) is 19.2 Å². The Bertz CT molecular complexity index is 930. The zero-order valence-electron chi connectivity index (χ0n) is 15.7. The number of nitrogens with zero attached hydrogens (tertiary/aromatic N) is 1. The van der Waals surface area contributed by atoms with Crippen molar-refractivity contribution < 1.29 is 14.3 Å². The van der Waals surface area contributed by atoms with Crippen LogP contribution in [0.2, 0.25) is 0 Å². The standard InChI is InChI=1S/C21H21BrN2O3/c1-5-27-20-10-15(17(22)11-19(20)26-4)9-16(12-23)21(25)24-18-7-6-13(2)8-14(18)3/h6-11H,5H2,1-4H3,(H,24,25)/b16-9+. The Morgan fingerprint density at radius 2 is 2.00 bits per heavy atom. The predicted octanol–water partition coefficient (Wildman–Crippen LogP) is 5.02. The summed E-state index contributed by atoms with van der Waals surface area (Å²) >= 11 is 3.45. The molecule has 0 heterocycles. The molecule has 0 bridgehead atoms. The summed E-state index contributed by atoms with van der Waals surface area (Å²) in [5, 5.41) is 12.3. The Morgan fingerprint density at radius 3 is 2.59 bits per heavy atom. The number of anilines is 1. The second-order valence-corrected chi connectivity index (χ2v) is 6.75. The molecule has 2 aromatic rings. The van der Waals surface area contributed by atoms with E-state index in [0.717, 1.165) is 11.1 Å². The third kappa shape index (κ3) is 5.11. The lowest BCUT2D eigenvalue weighted by molar-refractivity contribution is -0.112. The van der Waals surface area contributed by atoms with E-state index < -0.39 is 5.91 Å². The van der Waals surface area contributed by atoms with E-state index in [2.05, 4.69) is 21.2 Å². The van der Waals surface area contributed by atoms with Crippen molar-refractivity contribution in [2.24, 2.45) is 0 Å². The summed E-state index contributed by atoms with van der Waals surface area (Å²) < 4.78 is 11.5. The number of halogens is 1. The first-order chi connectivity index (χ1) is 12.9. The molecule has 2 rings (SSSR count). The maximum absolute atomic E-state index is 12.6. The summed E-state index contributed by atoms with van der Waals surface area (Å²) in [6.07, 6.45) is 1.52. The molecule has 1 amide bonds. The number of ether oxygens (including phenoxy) is 2. The van der Waals surface area contributed by atoms with Crippen molar-refractivity contribution in [1.29, 1.82) is 5.26 Å². The van der Waals surface area contributed by atoms with Gasteiger partial charge in [0.25, 0.3) is 5.91 Å². The average molecular weight is 429 g/mol. The topological polar surface area (TPSA) is 71.3 Å². The minimum absolute atomic E-state index is 0.0108. The molecule has 0 aliphatic heterocycles. The molecule has 0 saturated heterocycles. The van der Waals surface area contributed by atoms with Gasteiger partial charge in [-0.05, 0) is 56.2 Å². The summed E-state index contributed by atoms with van der Waals surface area (Å²) in [7, 11) is 1.55. The fraction of sp³-hybridized carbons (Fsp3) is 0.238. The van der Waals surface area contributed by atoms with Crippen molar-refractivity contribution >= 4 is 33.6 Å². The number of hydrogen-bond donors (Lipinski definition) is 1. The van der Waals surface area contributed by atoms with E-state index in [1.807, 2.05) is 45.0 Å². The summed E-state index contributed by atoms with van der Waals surface area (Å²) in [4.78, 5) is 12.6. The van der Waals surface area contributed by atoms with Gasteiger partial charge in [-0.3, -0.25) is 4.79 Å². The van der Waals surface area contributed by atoms with Crippen LogP contribution in [0.25, 0.3) is 6.08 Å². The van der Waals surface area contributed by atoms with Gasteiger partial charge in [0.2, 0.25) is 0 Å². The van der Waals surface area contributed by atoms with Crippen LogP contribution in [-0.4, -0.2) is 19.6 Å². The molecule has 0 saturated carbocycles. The lowest BCUT2D eigenvalue weighted by Crippen LogP contribution is -2.14. The second kappa shape index (κ2) is 9.24. The van der Waals surface area contributed by atoms with Crippen molar-refractivity contribution in [3.63, 3.8) is 0 Å². The van der Waals surface area contributed by atoms with Gasteiger partial charge in [0, 0.05) is 10.2 Å². The van der Waals surface area contributed by atoms with E-state index in [4.69, 9.17) is 9.47 Å². The van der Waals surface area contributed by atoms with E-state index in [0.29, 0.717) is 33.8 Å². The molecule has 0 aromatic heterocycles. The quantitative estimate of drug-likeness (QED) is 0.517. The van der Waals surface area contributed by atoms with Gasteiger partial charge in [0.05, 0.1) is 13.7 Å². The molecule has 0 spiro atoms. The van der Waals surface area contributed by atoms with Crippen LogP contribution in [0, 0.1) is 25.2 Å². The molecule has 1 N–H and O–H groups in total. The Labute approximate surface area is 167 Å². The van der Waals surface area contributed by atoms with Crippen molar-refractivity contribution in [2.45, 2.75) is 20.8 Å². The van der Waals surface area contributed by atoms with Crippen molar-refractivity contribution in [2.75, 3.05) is 19.0 Å². The first kappa shape index (κ1) is 20.5. The average Bonchev–Trinajstić information content (AvgIpc) is 2.64. The first-order valence-corrected chi connectivity index (χ1v) is 9.19. The number of carbonyl (C=O) groups is 1. The van der Waals surface area contributed by atoms with Crippen LogP contribution in [0.1, 0.15) is 23.6 Å². The third-order valence-corrected chi connectivity index (χ3v) is 4.56. The van der Waals surface area contributed by atoms with Gasteiger partial charge in [-0.15, -0.1) is 0 Å². The molecule has 27 heavy (non-hydrogen) atoms. The molecule has 2 aromatic carbocycles. The summed E-state index contributed by atoms with van der Waals surface area (Å²) in [5.41, 5.74) is 3.35. The van der Waals surface area contributed by atoms with Gasteiger partial charge in [0.15, 0.2) is 11.5 Å². The molecule has 0 unspecified atom stereocenters. The third-order valence-electron chi connectivity index (χ3n) is 3.88. The molecule has 6 heteroatoms. The van der Waals surface area contributed by atoms with Gasteiger partial charge in [-0.25, -0.2) is 0 Å². The number of rotatable bonds is 6. The second-order valence-electron chi connectivity index (χ2n) is 5.90. The van der Waals surface area contributed by atoms with Crippen LogP contribution >= 0.6 is 15.9 Å². The summed E-state index contributed by atoms with van der Waals surface area (Å²) in [5.74, 6) is 0.644. The highest BCUT2D eigenvalue weighted by Gasteiger charge is 2.14. The van der Waals surface area contributed by atoms with Crippen LogP contribution < -0.4 is 14.8 Å². The molecule has 0 aliphatic rings. The Kier molecular flexibility index (Phi) is 7.03. The zero-order valence-corrected chi connectivity index (χ0v) is 17.3. The van der Waals surface area contributed by atoms with Crippen LogP contribution in [0.15, 0.2) is 40.4 Å². The van der Waals surface area contributed by atoms with Gasteiger partial charge in [0.1, 0.15) is 11.6 Å². The van der Waals surface area contributed by atoms with Gasteiger partial charge < -0.3 is 14.8 Å². The first-order valence-electron chi connectivity index (χ1n) is 8.40. The number of aryl methyl sites for hydroxylation is 2. The molecule has 0 radical (unpaired) electrons. The normalized spacial score (nSPS) is 10.9. The molecule has 140 valence electrons. The van der Waals surface area contributed by atoms with Crippen molar-refractivity contribution in [1.82, 2.24) is 0 Å². The highest BCUT2D eigenvalue weighted by atomic mass is 79.9. The molecular weight excluding hydrogens is 408 g/mol. The SMILES string of the molecule is CCOc1cc(/C=C(\C#N)C(=O)Nc2ccc(C)cc2C)c(Br)cc1OC. The number of carbonyl (C=O) groups excluding carboxylic acids is 1. The molecule has 0 atom stereocenters. The largest absolute Gasteiger partial charge is 0.493 e. The Morgan fingerprint density at radius 1 is 1.26 bits per heavy atom. The molecular formula is C21H21BrN2O3. The number of nitriles is 1. The number of hydrogen-bond acceptors (Lipinski definition) is 4. The number of benzene rings is 2. The zero-order chi connectivity index (χ0) is 20.0. The van der Waals surface area contributed by atoms with E-state index >= 15 is 0 Å². The smallest absolute Gasteiger partial charge is 0.266 e. The van der Waals surface area contributed by atoms with Crippen LogP contribution in [-0.2, 0) is 4.79 Å². The summed E-state index contributed by atoms with van der Waals surface area (Å²) in [6, 6.07) is 11.1. The van der Waals surface area contributed by atoms with E-state index in [1.165, 1.54) is 6.08 Å². The Balaban J connectivity index is 2.36. The van der Waals surface area contributed by atoms with Crippen LogP contribution in [0.4, 0.5) is 5.69 Å². The fourth-order valence-corrected chi connectivity index (χ4v) is 2.97. The summed E-state index contributed by atoms with van der Waals surface area (Å²) in [6.45, 7) is 6.23. The lowest BCUT2D eigenvalue weighted by Gasteiger charge is -2.12. The molecule has 0 fully saturated rings. The highest BCUT2D eigenvalue weighted by Crippen LogP contribution is 2.34. The van der Waals surface area contributed by atoms with Crippen LogP contribution in [0.5, 0.6) is 11.5 Å². The molecule has 0 aliphatic carbocycles. The monoisotopic (exact) mass is 428 g/mol. The predicted molar refractivity (Wildman–Crippen MR) is 110 cm³/mol. The van der Waals surface area contributed by atoms with Gasteiger partial charge in [-0.1, -0.05) is 33.6 Å². The van der Waals surface area contributed by atoms with Crippen LogP contribution in [0.3, 0.4) is 0 Å². The van der Waals surface area contributed by atoms with Gasteiger partial charge >= 0.3 is 0 Å². The van der Waals surface area contributed by atoms with E-state index in [9.17, 15) is 10.1 Å². The number of nitrogens with one attached hydrogen (secondary N) is 1. The minimum Gasteiger partial charge on any atom is -0.493 e. The Hall–Kier alpha value is -2.78. The lowest BCUT2D eigenvalue weighted by atomic mass is 10.1. The fourth-order valence-electron chi connectivity index (χ4n) is 2.54. The number of amides is 1. The minimum atomic E-state index is -0.467. The maximum atomic E-state index is 12.6.